The van der Waals surface area contributed by atoms with Crippen LogP contribution < -0.4 is 10.6 Å². The molecule has 0 radical (unpaired) electrons. The van der Waals surface area contributed by atoms with Crippen LogP contribution in [0, 0.1) is 5.82 Å². The van der Waals surface area contributed by atoms with E-state index in [1.165, 1.54) is 18.3 Å². The molecule has 2 N–H and O–H groups in total. The lowest BCUT2D eigenvalue weighted by molar-refractivity contribution is 0.102. The van der Waals surface area contributed by atoms with Gasteiger partial charge in [0, 0.05) is 29.6 Å². The maximum absolute atomic E-state index is 13.6. The Balaban J connectivity index is 2.26. The van der Waals surface area contributed by atoms with Crippen molar-refractivity contribution in [1.29, 1.82) is 0 Å². The minimum atomic E-state index is -0.502. The number of pyridine rings is 1. The third-order valence-electron chi connectivity index (χ3n) is 2.51. The Morgan fingerprint density at radius 2 is 2.11 bits per heavy atom. The molecular formula is C13H11BrFN3O. The predicted molar refractivity (Wildman–Crippen MR) is 75.8 cm³/mol. The number of carbonyl (C=O) groups is 1. The first-order valence-electron chi connectivity index (χ1n) is 5.50. The standard InChI is InChI=1S/C13H11BrFN3O/c1-16-11-4-5-17-7-9(11)13(19)18-12-3-2-8(14)6-10(12)15/h2-7H,1H3,(H,16,17)(H,18,19). The Labute approximate surface area is 118 Å². The molecule has 0 aliphatic heterocycles. The second-order valence-electron chi connectivity index (χ2n) is 3.75. The largest absolute Gasteiger partial charge is 0.387 e. The second-order valence-corrected chi connectivity index (χ2v) is 4.67. The first-order chi connectivity index (χ1) is 9.11. The molecule has 0 saturated heterocycles. The molecule has 0 fully saturated rings. The summed E-state index contributed by atoms with van der Waals surface area (Å²) in [6.07, 6.45) is 3.00. The zero-order chi connectivity index (χ0) is 13.8. The van der Waals surface area contributed by atoms with Gasteiger partial charge in [-0.25, -0.2) is 4.39 Å². The van der Waals surface area contributed by atoms with Crippen molar-refractivity contribution in [3.8, 4) is 0 Å². The maximum Gasteiger partial charge on any atom is 0.259 e. The van der Waals surface area contributed by atoms with E-state index in [0.717, 1.165) is 0 Å². The molecule has 2 aromatic rings. The van der Waals surface area contributed by atoms with E-state index >= 15 is 0 Å². The van der Waals surface area contributed by atoms with Crippen molar-refractivity contribution >= 4 is 33.2 Å². The predicted octanol–water partition coefficient (Wildman–Crippen LogP) is 3.28. The number of carbonyl (C=O) groups excluding carboxylic acids is 1. The normalized spacial score (nSPS) is 10.1. The van der Waals surface area contributed by atoms with Crippen LogP contribution in [-0.4, -0.2) is 17.9 Å². The van der Waals surface area contributed by atoms with Crippen molar-refractivity contribution in [1.82, 2.24) is 4.98 Å². The molecule has 6 heteroatoms. The average Bonchev–Trinajstić information content (AvgIpc) is 2.41. The molecular weight excluding hydrogens is 313 g/mol. The van der Waals surface area contributed by atoms with Gasteiger partial charge in [-0.3, -0.25) is 9.78 Å². The van der Waals surface area contributed by atoms with Crippen molar-refractivity contribution < 1.29 is 9.18 Å². The molecule has 4 nitrogen and oxygen atoms in total. The summed E-state index contributed by atoms with van der Waals surface area (Å²) in [5, 5.41) is 5.40. The summed E-state index contributed by atoms with van der Waals surface area (Å²) in [6, 6.07) is 6.11. The number of anilines is 2. The van der Waals surface area contributed by atoms with Gasteiger partial charge in [0.2, 0.25) is 0 Å². The summed E-state index contributed by atoms with van der Waals surface area (Å²) < 4.78 is 14.2. The molecule has 98 valence electrons. The first kappa shape index (κ1) is 13.5. The molecule has 2 rings (SSSR count). The summed E-state index contributed by atoms with van der Waals surface area (Å²) in [6.45, 7) is 0. The van der Waals surface area contributed by atoms with E-state index < -0.39 is 11.7 Å². The minimum absolute atomic E-state index is 0.124. The van der Waals surface area contributed by atoms with Crippen molar-refractivity contribution in [2.24, 2.45) is 0 Å². The fourth-order valence-corrected chi connectivity index (χ4v) is 1.91. The second kappa shape index (κ2) is 5.79. The molecule has 1 aromatic carbocycles. The van der Waals surface area contributed by atoms with E-state index in [1.54, 1.807) is 25.4 Å². The molecule has 1 aromatic heterocycles. The molecule has 0 aliphatic carbocycles. The Hall–Kier alpha value is -1.95. The fourth-order valence-electron chi connectivity index (χ4n) is 1.57. The van der Waals surface area contributed by atoms with Gasteiger partial charge in [-0.2, -0.15) is 0 Å². The van der Waals surface area contributed by atoms with Crippen LogP contribution in [-0.2, 0) is 0 Å². The molecule has 0 unspecified atom stereocenters. The molecule has 0 atom stereocenters. The molecule has 0 aliphatic rings. The third kappa shape index (κ3) is 3.08. The summed E-state index contributed by atoms with van der Waals surface area (Å²) in [7, 11) is 1.70. The van der Waals surface area contributed by atoms with Crippen LogP contribution in [0.15, 0.2) is 41.1 Å². The van der Waals surface area contributed by atoms with Gasteiger partial charge in [0.1, 0.15) is 5.82 Å². The average molecular weight is 324 g/mol. The number of rotatable bonds is 3. The minimum Gasteiger partial charge on any atom is -0.387 e. The van der Waals surface area contributed by atoms with E-state index in [-0.39, 0.29) is 5.69 Å². The van der Waals surface area contributed by atoms with E-state index in [4.69, 9.17) is 0 Å². The number of nitrogens with zero attached hydrogens (tertiary/aromatic N) is 1. The molecule has 0 spiro atoms. The van der Waals surface area contributed by atoms with Crippen LogP contribution in [0.25, 0.3) is 0 Å². The number of aromatic nitrogens is 1. The lowest BCUT2D eigenvalue weighted by Crippen LogP contribution is -2.15. The van der Waals surface area contributed by atoms with Crippen LogP contribution in [0.4, 0.5) is 15.8 Å². The number of nitrogens with one attached hydrogen (secondary N) is 2. The Bertz CT molecular complexity index is 619. The van der Waals surface area contributed by atoms with Gasteiger partial charge in [0.15, 0.2) is 0 Å². The molecule has 0 bridgehead atoms. The Morgan fingerprint density at radius 3 is 2.79 bits per heavy atom. The van der Waals surface area contributed by atoms with Crippen molar-refractivity contribution in [2.45, 2.75) is 0 Å². The van der Waals surface area contributed by atoms with Gasteiger partial charge in [-0.05, 0) is 24.3 Å². The highest BCUT2D eigenvalue weighted by atomic mass is 79.9. The number of benzene rings is 1. The third-order valence-corrected chi connectivity index (χ3v) is 3.01. The summed E-state index contributed by atoms with van der Waals surface area (Å²) in [5.74, 6) is -0.920. The highest BCUT2D eigenvalue weighted by Gasteiger charge is 2.13. The van der Waals surface area contributed by atoms with Gasteiger partial charge >= 0.3 is 0 Å². The van der Waals surface area contributed by atoms with Crippen LogP contribution in [0.5, 0.6) is 0 Å². The molecule has 19 heavy (non-hydrogen) atoms. The van der Waals surface area contributed by atoms with Gasteiger partial charge in [-0.15, -0.1) is 0 Å². The molecule has 1 heterocycles. The SMILES string of the molecule is CNc1ccncc1C(=O)Nc1ccc(Br)cc1F. The monoisotopic (exact) mass is 323 g/mol. The van der Waals surface area contributed by atoms with Crippen molar-refractivity contribution in [2.75, 3.05) is 17.7 Å². The zero-order valence-electron chi connectivity index (χ0n) is 10.1. The highest BCUT2D eigenvalue weighted by Crippen LogP contribution is 2.21. The fraction of sp³-hybridized carbons (Fsp3) is 0.0769. The quantitative estimate of drug-likeness (QED) is 0.911. The maximum atomic E-state index is 13.6. The van der Waals surface area contributed by atoms with Gasteiger partial charge in [-0.1, -0.05) is 15.9 Å². The van der Waals surface area contributed by atoms with E-state index in [1.807, 2.05) is 0 Å². The van der Waals surface area contributed by atoms with E-state index in [2.05, 4.69) is 31.5 Å². The van der Waals surface area contributed by atoms with E-state index in [0.29, 0.717) is 15.7 Å². The Kier molecular flexibility index (Phi) is 4.11. The Morgan fingerprint density at radius 1 is 1.32 bits per heavy atom. The summed E-state index contributed by atoms with van der Waals surface area (Å²) in [4.78, 5) is 16.0. The summed E-state index contributed by atoms with van der Waals surface area (Å²) >= 11 is 3.16. The van der Waals surface area contributed by atoms with Gasteiger partial charge in [0.05, 0.1) is 11.3 Å². The lowest BCUT2D eigenvalue weighted by atomic mass is 10.2. The van der Waals surface area contributed by atoms with Crippen LogP contribution in [0.2, 0.25) is 0 Å². The number of hydrogen-bond donors (Lipinski definition) is 2. The van der Waals surface area contributed by atoms with Crippen LogP contribution >= 0.6 is 15.9 Å². The topological polar surface area (TPSA) is 54.0 Å². The highest BCUT2D eigenvalue weighted by molar-refractivity contribution is 9.10. The van der Waals surface area contributed by atoms with Crippen LogP contribution in [0.3, 0.4) is 0 Å². The number of hydrogen-bond acceptors (Lipinski definition) is 3. The van der Waals surface area contributed by atoms with Crippen molar-refractivity contribution in [3.05, 3.63) is 52.5 Å². The number of halogens is 2. The zero-order valence-corrected chi connectivity index (χ0v) is 11.7. The summed E-state index contributed by atoms with van der Waals surface area (Å²) in [5.41, 5.74) is 1.11. The van der Waals surface area contributed by atoms with E-state index in [9.17, 15) is 9.18 Å². The smallest absolute Gasteiger partial charge is 0.259 e. The van der Waals surface area contributed by atoms with Gasteiger partial charge in [0.25, 0.3) is 5.91 Å². The van der Waals surface area contributed by atoms with Gasteiger partial charge < -0.3 is 10.6 Å². The lowest BCUT2D eigenvalue weighted by Gasteiger charge is -2.09. The molecule has 1 amide bonds. The van der Waals surface area contributed by atoms with Crippen molar-refractivity contribution in [3.63, 3.8) is 0 Å². The molecule has 0 saturated carbocycles. The van der Waals surface area contributed by atoms with Crippen LogP contribution in [0.1, 0.15) is 10.4 Å². The number of amides is 1. The first-order valence-corrected chi connectivity index (χ1v) is 6.29.